The van der Waals surface area contributed by atoms with E-state index in [9.17, 15) is 14.2 Å². The predicted molar refractivity (Wildman–Crippen MR) is 75.6 cm³/mol. The Kier molecular flexibility index (Phi) is 11.1. The monoisotopic (exact) mass is 309 g/mol. The number of hydrogen-bond donors (Lipinski definition) is 1. The zero-order chi connectivity index (χ0) is 15.4. The second kappa shape index (κ2) is 11.7. The molecule has 7 nitrogen and oxygen atoms in total. The smallest absolute Gasteiger partial charge is 0.407 e. The minimum absolute atomic E-state index is 0.191. The summed E-state index contributed by atoms with van der Waals surface area (Å²) in [7, 11) is -1.91. The molecule has 2 atom stereocenters. The summed E-state index contributed by atoms with van der Waals surface area (Å²) >= 11 is 0. The van der Waals surface area contributed by atoms with Crippen molar-refractivity contribution in [2.75, 3.05) is 32.3 Å². The SMILES string of the molecule is CCOC[PH](=O)CCC(NC(=O)OCC)C(=O)OCC. The number of ether oxygens (including phenoxy) is 3. The van der Waals surface area contributed by atoms with Crippen molar-refractivity contribution >= 4 is 19.9 Å². The first-order valence-corrected chi connectivity index (χ1v) is 8.56. The zero-order valence-electron chi connectivity index (χ0n) is 12.3. The maximum absolute atomic E-state index is 11.7. The van der Waals surface area contributed by atoms with Gasteiger partial charge in [-0.15, -0.1) is 0 Å². The summed E-state index contributed by atoms with van der Waals surface area (Å²) in [5.74, 6) is -0.549. The van der Waals surface area contributed by atoms with Gasteiger partial charge in [-0.3, -0.25) is 0 Å². The van der Waals surface area contributed by atoms with Gasteiger partial charge in [0.2, 0.25) is 0 Å². The van der Waals surface area contributed by atoms with E-state index in [-0.39, 0.29) is 26.0 Å². The van der Waals surface area contributed by atoms with Crippen LogP contribution in [-0.2, 0) is 23.6 Å². The van der Waals surface area contributed by atoms with Gasteiger partial charge in [-0.25, -0.2) is 9.59 Å². The highest BCUT2D eigenvalue weighted by atomic mass is 31.1. The topological polar surface area (TPSA) is 90.9 Å². The Hall–Kier alpha value is -1.07. The van der Waals surface area contributed by atoms with E-state index in [2.05, 4.69) is 5.32 Å². The van der Waals surface area contributed by atoms with Crippen LogP contribution in [0.3, 0.4) is 0 Å². The Labute approximate surface area is 120 Å². The normalized spacial score (nSPS) is 13.3. The highest BCUT2D eigenvalue weighted by Crippen LogP contribution is 2.22. The molecule has 1 amide bonds. The summed E-state index contributed by atoms with van der Waals surface area (Å²) in [6.07, 6.45) is 0.0502. The maximum atomic E-state index is 11.7. The third kappa shape index (κ3) is 8.93. The van der Waals surface area contributed by atoms with Gasteiger partial charge in [0.25, 0.3) is 0 Å². The third-order valence-electron chi connectivity index (χ3n) is 2.32. The van der Waals surface area contributed by atoms with Crippen LogP contribution in [0.15, 0.2) is 0 Å². The summed E-state index contributed by atoms with van der Waals surface area (Å²) in [6, 6.07) is -0.843. The van der Waals surface area contributed by atoms with Gasteiger partial charge in [0.1, 0.15) is 13.8 Å². The van der Waals surface area contributed by atoms with E-state index >= 15 is 0 Å². The minimum Gasteiger partial charge on any atom is -0.464 e. The Bertz CT molecular complexity index is 323. The number of alkyl carbamates (subject to hydrolysis) is 1. The second-order valence-corrected chi connectivity index (χ2v) is 5.75. The van der Waals surface area contributed by atoms with Crippen LogP contribution in [0.5, 0.6) is 0 Å². The third-order valence-corrected chi connectivity index (χ3v) is 3.69. The van der Waals surface area contributed by atoms with Crippen molar-refractivity contribution in [2.24, 2.45) is 0 Å². The summed E-state index contributed by atoms with van der Waals surface area (Å²) in [5, 5.41) is 2.41. The number of esters is 1. The fraction of sp³-hybridized carbons (Fsp3) is 0.833. The summed E-state index contributed by atoms with van der Waals surface area (Å²) in [4.78, 5) is 23.0. The second-order valence-electron chi connectivity index (χ2n) is 3.88. The Morgan fingerprint density at radius 3 is 2.30 bits per heavy atom. The summed E-state index contributed by atoms with van der Waals surface area (Å²) in [6.45, 7) is 6.09. The molecular formula is C12H24NO6P. The molecule has 0 fully saturated rings. The van der Waals surface area contributed by atoms with Crippen molar-refractivity contribution in [1.82, 2.24) is 5.32 Å². The molecule has 0 aliphatic rings. The molecule has 8 heteroatoms. The van der Waals surface area contributed by atoms with Gasteiger partial charge in [0, 0.05) is 12.8 Å². The molecule has 0 heterocycles. The number of rotatable bonds is 10. The molecule has 0 bridgehead atoms. The average molecular weight is 309 g/mol. The first-order valence-electron chi connectivity index (χ1n) is 6.74. The molecule has 0 rings (SSSR count). The molecule has 0 aromatic heterocycles. The van der Waals surface area contributed by atoms with E-state index in [0.717, 1.165) is 0 Å². The van der Waals surface area contributed by atoms with Crippen molar-refractivity contribution in [3.05, 3.63) is 0 Å². The standard InChI is InChI=1S/C12H24NO6P/c1-4-17-9-20(16)8-7-10(11(14)18-5-2)13-12(15)19-6-3/h10,20H,4-9H2,1-3H3,(H,13,15). The lowest BCUT2D eigenvalue weighted by Crippen LogP contribution is -2.42. The average Bonchev–Trinajstić information content (AvgIpc) is 2.41. The first-order chi connectivity index (χ1) is 9.54. The van der Waals surface area contributed by atoms with Gasteiger partial charge < -0.3 is 24.1 Å². The van der Waals surface area contributed by atoms with E-state index < -0.39 is 25.9 Å². The predicted octanol–water partition coefficient (Wildman–Crippen LogP) is 1.61. The Balaban J connectivity index is 4.34. The van der Waals surface area contributed by atoms with Gasteiger partial charge in [0.15, 0.2) is 0 Å². The fourth-order valence-electron chi connectivity index (χ4n) is 1.40. The van der Waals surface area contributed by atoms with E-state index in [1.807, 2.05) is 6.92 Å². The van der Waals surface area contributed by atoms with Crippen molar-refractivity contribution in [3.8, 4) is 0 Å². The minimum atomic E-state index is -1.91. The van der Waals surface area contributed by atoms with Crippen LogP contribution in [0, 0.1) is 0 Å². The summed E-state index contributed by atoms with van der Waals surface area (Å²) in [5.41, 5.74) is 0. The highest BCUT2D eigenvalue weighted by Gasteiger charge is 2.23. The largest absolute Gasteiger partial charge is 0.464 e. The van der Waals surface area contributed by atoms with Gasteiger partial charge >= 0.3 is 12.1 Å². The number of nitrogens with one attached hydrogen (secondary N) is 1. The lowest BCUT2D eigenvalue weighted by atomic mass is 10.2. The van der Waals surface area contributed by atoms with Gasteiger partial charge in [-0.05, 0) is 27.2 Å². The molecule has 0 saturated carbocycles. The maximum Gasteiger partial charge on any atom is 0.407 e. The molecule has 0 aliphatic heterocycles. The van der Waals surface area contributed by atoms with E-state index in [1.165, 1.54) is 0 Å². The Morgan fingerprint density at radius 1 is 1.10 bits per heavy atom. The van der Waals surface area contributed by atoms with Crippen molar-refractivity contribution in [3.63, 3.8) is 0 Å². The molecule has 20 heavy (non-hydrogen) atoms. The molecular weight excluding hydrogens is 285 g/mol. The molecule has 0 aromatic carbocycles. The molecule has 0 aromatic rings. The Morgan fingerprint density at radius 2 is 1.75 bits per heavy atom. The molecule has 0 saturated heterocycles. The van der Waals surface area contributed by atoms with Crippen molar-refractivity contribution in [1.29, 1.82) is 0 Å². The van der Waals surface area contributed by atoms with Crippen LogP contribution in [0.25, 0.3) is 0 Å². The molecule has 1 N–H and O–H groups in total. The number of hydrogen-bond acceptors (Lipinski definition) is 6. The van der Waals surface area contributed by atoms with Crippen molar-refractivity contribution < 1.29 is 28.4 Å². The van der Waals surface area contributed by atoms with Crippen LogP contribution in [0.1, 0.15) is 27.2 Å². The van der Waals surface area contributed by atoms with E-state index in [1.54, 1.807) is 13.8 Å². The van der Waals surface area contributed by atoms with Crippen LogP contribution >= 0.6 is 7.80 Å². The lowest BCUT2D eigenvalue weighted by Gasteiger charge is -2.16. The lowest BCUT2D eigenvalue weighted by molar-refractivity contribution is -0.145. The summed E-state index contributed by atoms with van der Waals surface area (Å²) < 4.78 is 26.3. The molecule has 0 aliphatic carbocycles. The van der Waals surface area contributed by atoms with Gasteiger partial charge in [-0.1, -0.05) is 0 Å². The molecule has 118 valence electrons. The van der Waals surface area contributed by atoms with Gasteiger partial charge in [-0.2, -0.15) is 0 Å². The number of amides is 1. The zero-order valence-corrected chi connectivity index (χ0v) is 13.3. The molecule has 2 unspecified atom stereocenters. The fourth-order valence-corrected chi connectivity index (χ4v) is 2.59. The van der Waals surface area contributed by atoms with Gasteiger partial charge in [0.05, 0.1) is 19.6 Å². The van der Waals surface area contributed by atoms with Crippen LogP contribution in [0.4, 0.5) is 4.79 Å². The first kappa shape index (κ1) is 18.9. The van der Waals surface area contributed by atoms with Crippen LogP contribution in [0.2, 0.25) is 0 Å². The molecule has 0 radical (unpaired) electrons. The van der Waals surface area contributed by atoms with Crippen molar-refractivity contribution in [2.45, 2.75) is 33.2 Å². The van der Waals surface area contributed by atoms with Crippen LogP contribution in [-0.4, -0.2) is 50.4 Å². The van der Waals surface area contributed by atoms with E-state index in [0.29, 0.717) is 12.8 Å². The number of carbonyl (C=O) groups is 2. The number of carbonyl (C=O) groups excluding carboxylic acids is 2. The quantitative estimate of drug-likeness (QED) is 0.487. The molecule has 0 spiro atoms. The van der Waals surface area contributed by atoms with E-state index in [4.69, 9.17) is 14.2 Å². The highest BCUT2D eigenvalue weighted by molar-refractivity contribution is 7.44. The van der Waals surface area contributed by atoms with Crippen LogP contribution < -0.4 is 5.32 Å².